The summed E-state index contributed by atoms with van der Waals surface area (Å²) in [5.41, 5.74) is 4.72. The van der Waals surface area contributed by atoms with Gasteiger partial charge < -0.3 is 14.8 Å². The molecule has 0 fully saturated rings. The van der Waals surface area contributed by atoms with Crippen molar-refractivity contribution in [1.82, 2.24) is 9.97 Å². The van der Waals surface area contributed by atoms with Crippen LogP contribution in [0.15, 0.2) is 53.5 Å². The van der Waals surface area contributed by atoms with E-state index in [9.17, 15) is 5.11 Å². The van der Waals surface area contributed by atoms with Crippen molar-refractivity contribution >= 4 is 23.6 Å². The SMILES string of the molecule is COc1cccc(CCc2nc(O)c(/C=C3\C=Nc4ccccc43)[nH]2)c1. The van der Waals surface area contributed by atoms with Crippen LogP contribution in [0.2, 0.25) is 0 Å². The van der Waals surface area contributed by atoms with Gasteiger partial charge in [0.25, 0.3) is 0 Å². The van der Waals surface area contributed by atoms with Crippen molar-refractivity contribution < 1.29 is 9.84 Å². The molecular weight excluding hydrogens is 326 g/mol. The molecule has 130 valence electrons. The number of methoxy groups -OCH3 is 1. The largest absolute Gasteiger partial charge is 0.497 e. The van der Waals surface area contributed by atoms with Gasteiger partial charge in [-0.2, -0.15) is 4.98 Å². The normalized spacial score (nSPS) is 14.0. The Morgan fingerprint density at radius 1 is 1.12 bits per heavy atom. The second kappa shape index (κ2) is 6.88. The highest BCUT2D eigenvalue weighted by Crippen LogP contribution is 2.33. The Labute approximate surface area is 151 Å². The molecule has 2 heterocycles. The van der Waals surface area contributed by atoms with E-state index in [2.05, 4.69) is 21.0 Å². The molecule has 0 saturated heterocycles. The molecular formula is C21H19N3O2. The highest BCUT2D eigenvalue weighted by molar-refractivity contribution is 6.21. The zero-order valence-corrected chi connectivity index (χ0v) is 14.4. The summed E-state index contributed by atoms with van der Waals surface area (Å²) < 4.78 is 5.25. The fraction of sp³-hybridized carbons (Fsp3) is 0.143. The van der Waals surface area contributed by atoms with Crippen LogP contribution in [0.25, 0.3) is 11.6 Å². The van der Waals surface area contributed by atoms with Gasteiger partial charge in [-0.1, -0.05) is 30.3 Å². The number of aryl methyl sites for hydroxylation is 2. The number of rotatable bonds is 5. The van der Waals surface area contributed by atoms with Crippen molar-refractivity contribution in [3.05, 3.63) is 71.2 Å². The van der Waals surface area contributed by atoms with Gasteiger partial charge in [-0.05, 0) is 36.3 Å². The Kier molecular flexibility index (Phi) is 4.27. The van der Waals surface area contributed by atoms with Crippen molar-refractivity contribution in [1.29, 1.82) is 0 Å². The minimum atomic E-state index is 0.0101. The number of hydrogen-bond acceptors (Lipinski definition) is 4. The third-order valence-corrected chi connectivity index (χ3v) is 4.40. The summed E-state index contributed by atoms with van der Waals surface area (Å²) in [6.45, 7) is 0. The molecule has 0 unspecified atom stereocenters. The van der Waals surface area contributed by atoms with Gasteiger partial charge in [0, 0.05) is 23.8 Å². The summed E-state index contributed by atoms with van der Waals surface area (Å²) in [6, 6.07) is 15.9. The second-order valence-electron chi connectivity index (χ2n) is 6.15. The number of nitrogens with one attached hydrogen (secondary N) is 1. The average Bonchev–Trinajstić information content (AvgIpc) is 3.24. The molecule has 1 aliphatic rings. The zero-order valence-electron chi connectivity index (χ0n) is 14.4. The molecule has 0 bridgehead atoms. The van der Waals surface area contributed by atoms with E-state index in [-0.39, 0.29) is 5.88 Å². The lowest BCUT2D eigenvalue weighted by molar-refractivity contribution is 0.414. The molecule has 4 rings (SSSR count). The second-order valence-corrected chi connectivity index (χ2v) is 6.15. The van der Waals surface area contributed by atoms with Crippen LogP contribution >= 0.6 is 0 Å². The third kappa shape index (κ3) is 3.24. The first kappa shape index (κ1) is 16.1. The van der Waals surface area contributed by atoms with Gasteiger partial charge in [-0.3, -0.25) is 4.99 Å². The van der Waals surface area contributed by atoms with Crippen LogP contribution in [0.1, 0.15) is 22.6 Å². The molecule has 0 atom stereocenters. The molecule has 0 radical (unpaired) electrons. The quantitative estimate of drug-likeness (QED) is 0.729. The van der Waals surface area contributed by atoms with Crippen molar-refractivity contribution in [3.63, 3.8) is 0 Å². The van der Waals surface area contributed by atoms with E-state index in [0.717, 1.165) is 40.4 Å². The number of aromatic nitrogens is 2. The van der Waals surface area contributed by atoms with E-state index >= 15 is 0 Å². The molecule has 0 aliphatic carbocycles. The Hall–Kier alpha value is -3.34. The number of imidazole rings is 1. The molecule has 2 N–H and O–H groups in total. The van der Waals surface area contributed by atoms with Gasteiger partial charge in [-0.15, -0.1) is 0 Å². The topological polar surface area (TPSA) is 70.5 Å². The highest BCUT2D eigenvalue weighted by Gasteiger charge is 2.14. The van der Waals surface area contributed by atoms with Crippen LogP contribution < -0.4 is 4.74 Å². The number of aliphatic imine (C=N–C) groups is 1. The Morgan fingerprint density at radius 2 is 2.00 bits per heavy atom. The molecule has 26 heavy (non-hydrogen) atoms. The number of para-hydroxylation sites is 1. The molecule has 1 aromatic heterocycles. The predicted molar refractivity (Wildman–Crippen MR) is 103 cm³/mol. The average molecular weight is 345 g/mol. The summed E-state index contributed by atoms with van der Waals surface area (Å²) >= 11 is 0. The first-order valence-electron chi connectivity index (χ1n) is 8.49. The molecule has 0 spiro atoms. The molecule has 2 aromatic carbocycles. The molecule has 0 amide bonds. The van der Waals surface area contributed by atoms with Gasteiger partial charge in [-0.25, -0.2) is 0 Å². The van der Waals surface area contributed by atoms with E-state index in [0.29, 0.717) is 12.1 Å². The number of allylic oxidation sites excluding steroid dienone is 1. The molecule has 3 aromatic rings. The molecule has 0 saturated carbocycles. The van der Waals surface area contributed by atoms with Crippen molar-refractivity contribution in [3.8, 4) is 11.6 Å². The predicted octanol–water partition coefficient (Wildman–Crippen LogP) is 4.17. The van der Waals surface area contributed by atoms with Gasteiger partial charge in [0.1, 0.15) is 17.3 Å². The molecule has 5 nitrogen and oxygen atoms in total. The maximum absolute atomic E-state index is 10.2. The number of aromatic hydroxyl groups is 1. The van der Waals surface area contributed by atoms with Crippen molar-refractivity contribution in [2.45, 2.75) is 12.8 Å². The summed E-state index contributed by atoms with van der Waals surface area (Å²) in [4.78, 5) is 11.8. The lowest BCUT2D eigenvalue weighted by Crippen LogP contribution is -1.94. The molecule has 1 aliphatic heterocycles. The monoisotopic (exact) mass is 345 g/mol. The number of fused-ring (bicyclic) bond motifs is 1. The van der Waals surface area contributed by atoms with Crippen LogP contribution in [-0.4, -0.2) is 28.4 Å². The summed E-state index contributed by atoms with van der Waals surface area (Å²) in [5, 5.41) is 10.2. The van der Waals surface area contributed by atoms with Gasteiger partial charge >= 0.3 is 0 Å². The number of benzene rings is 2. The van der Waals surface area contributed by atoms with Crippen LogP contribution in [0.4, 0.5) is 5.69 Å². The molecule has 5 heteroatoms. The Bertz CT molecular complexity index is 1000. The summed E-state index contributed by atoms with van der Waals surface area (Å²) in [6.07, 6.45) is 5.20. The maximum atomic E-state index is 10.2. The summed E-state index contributed by atoms with van der Waals surface area (Å²) in [7, 11) is 1.66. The lowest BCUT2D eigenvalue weighted by Gasteiger charge is -2.03. The van der Waals surface area contributed by atoms with Crippen LogP contribution in [0.5, 0.6) is 11.6 Å². The maximum Gasteiger partial charge on any atom is 0.237 e. The number of hydrogen-bond donors (Lipinski definition) is 2. The van der Waals surface area contributed by atoms with Crippen LogP contribution in [0, 0.1) is 0 Å². The third-order valence-electron chi connectivity index (χ3n) is 4.40. The smallest absolute Gasteiger partial charge is 0.237 e. The Balaban J connectivity index is 1.51. The fourth-order valence-electron chi connectivity index (χ4n) is 3.05. The highest BCUT2D eigenvalue weighted by atomic mass is 16.5. The van der Waals surface area contributed by atoms with E-state index in [4.69, 9.17) is 4.74 Å². The standard InChI is InChI=1S/C21H19N3O2/c1-26-16-6-4-5-14(11-16)9-10-20-23-19(21(25)24-20)12-15-13-22-18-8-3-2-7-17(15)18/h2-8,11-13,25H,9-10H2,1H3,(H,23,24)/b15-12+. The van der Waals surface area contributed by atoms with Crippen LogP contribution in [0.3, 0.4) is 0 Å². The van der Waals surface area contributed by atoms with E-state index in [1.54, 1.807) is 13.3 Å². The van der Waals surface area contributed by atoms with Crippen molar-refractivity contribution in [2.75, 3.05) is 7.11 Å². The minimum Gasteiger partial charge on any atom is -0.497 e. The Morgan fingerprint density at radius 3 is 2.88 bits per heavy atom. The fourth-order valence-corrected chi connectivity index (χ4v) is 3.05. The van der Waals surface area contributed by atoms with Gasteiger partial charge in [0.15, 0.2) is 0 Å². The van der Waals surface area contributed by atoms with E-state index in [1.165, 1.54) is 0 Å². The van der Waals surface area contributed by atoms with Gasteiger partial charge in [0.2, 0.25) is 5.88 Å². The van der Waals surface area contributed by atoms with E-state index in [1.807, 2.05) is 48.5 Å². The number of aromatic amines is 1. The van der Waals surface area contributed by atoms with Gasteiger partial charge in [0.05, 0.1) is 12.8 Å². The number of ether oxygens (including phenoxy) is 1. The minimum absolute atomic E-state index is 0.0101. The van der Waals surface area contributed by atoms with Crippen LogP contribution in [-0.2, 0) is 12.8 Å². The summed E-state index contributed by atoms with van der Waals surface area (Å²) in [5.74, 6) is 1.60. The first-order valence-corrected chi connectivity index (χ1v) is 8.49. The van der Waals surface area contributed by atoms with Crippen molar-refractivity contribution in [2.24, 2.45) is 4.99 Å². The lowest BCUT2D eigenvalue weighted by atomic mass is 10.1. The number of H-pyrrole nitrogens is 1. The first-order chi connectivity index (χ1) is 12.7. The zero-order chi connectivity index (χ0) is 17.9. The number of nitrogens with zero attached hydrogens (tertiary/aromatic N) is 2. The van der Waals surface area contributed by atoms with E-state index < -0.39 is 0 Å².